The van der Waals surface area contributed by atoms with Gasteiger partial charge in [0.1, 0.15) is 0 Å². The summed E-state index contributed by atoms with van der Waals surface area (Å²) < 4.78 is 2.41. The van der Waals surface area contributed by atoms with Crippen molar-refractivity contribution in [1.29, 1.82) is 0 Å². The van der Waals surface area contributed by atoms with Crippen molar-refractivity contribution in [3.63, 3.8) is 0 Å². The Labute approximate surface area is 343 Å². The molecule has 2 aliphatic rings. The second-order valence-corrected chi connectivity index (χ2v) is 15.9. The van der Waals surface area contributed by atoms with Gasteiger partial charge in [0.15, 0.2) is 0 Å². The van der Waals surface area contributed by atoms with Gasteiger partial charge in [-0.1, -0.05) is 166 Å². The normalized spacial score (nSPS) is 13.7. The van der Waals surface area contributed by atoms with Crippen LogP contribution in [0, 0.1) is 0 Å². The Bertz CT molecular complexity index is 2800. The molecule has 2 nitrogen and oxygen atoms in total. The molecule has 0 aliphatic heterocycles. The van der Waals surface area contributed by atoms with Crippen molar-refractivity contribution < 1.29 is 0 Å². The van der Waals surface area contributed by atoms with Gasteiger partial charge in [-0.05, 0) is 112 Å². The molecule has 8 aromatic rings. The lowest BCUT2D eigenvalue weighted by molar-refractivity contribution is 0.436. The summed E-state index contributed by atoms with van der Waals surface area (Å²) >= 11 is 0. The van der Waals surface area contributed by atoms with Gasteiger partial charge in [-0.3, -0.25) is 0 Å². The zero-order valence-corrected chi connectivity index (χ0v) is 33.4. The summed E-state index contributed by atoms with van der Waals surface area (Å²) in [6.45, 7) is 4.68. The molecule has 58 heavy (non-hydrogen) atoms. The predicted octanol–water partition coefficient (Wildman–Crippen LogP) is 15.3. The molecule has 0 fully saturated rings. The van der Waals surface area contributed by atoms with Crippen LogP contribution in [0.25, 0.3) is 50.5 Å². The van der Waals surface area contributed by atoms with E-state index < -0.39 is 0 Å². The van der Waals surface area contributed by atoms with E-state index >= 15 is 0 Å². The predicted molar refractivity (Wildman–Crippen MR) is 247 cm³/mol. The van der Waals surface area contributed by atoms with Crippen molar-refractivity contribution in [3.05, 3.63) is 216 Å². The molecule has 0 saturated heterocycles. The van der Waals surface area contributed by atoms with Crippen molar-refractivity contribution in [2.24, 2.45) is 0 Å². The van der Waals surface area contributed by atoms with Crippen LogP contribution in [-0.2, 0) is 11.8 Å². The quantitative estimate of drug-likeness (QED) is 0.135. The van der Waals surface area contributed by atoms with E-state index in [9.17, 15) is 0 Å². The van der Waals surface area contributed by atoms with E-state index in [1.54, 1.807) is 0 Å². The van der Waals surface area contributed by atoms with Gasteiger partial charge in [-0.2, -0.15) is 0 Å². The zero-order valence-electron chi connectivity index (χ0n) is 33.4. The van der Waals surface area contributed by atoms with Crippen LogP contribution >= 0.6 is 0 Å². The van der Waals surface area contributed by atoms with Gasteiger partial charge >= 0.3 is 0 Å². The van der Waals surface area contributed by atoms with Crippen LogP contribution in [0.4, 0.5) is 17.1 Å². The molecule has 1 heterocycles. The first kappa shape index (κ1) is 35.8. The number of anilines is 3. The lowest BCUT2D eigenvalue weighted by Crippen LogP contribution is -2.25. The molecule has 0 amide bonds. The van der Waals surface area contributed by atoms with Crippen LogP contribution in [0.5, 0.6) is 0 Å². The van der Waals surface area contributed by atoms with Gasteiger partial charge in [0.25, 0.3) is 0 Å². The SMILES string of the molecule is CCCC1(CCC)c2ccccc2-c2c(N(c3ccc(C4=CC=Cc5c(c6ccccc6n5-c5ccccc5)C4)cc3)c3ccc(-c4ccccc4)cc3)cccc21. The monoisotopic (exact) mass is 748 g/mol. The number of nitrogens with zero attached hydrogens (tertiary/aromatic N) is 2. The highest BCUT2D eigenvalue weighted by Crippen LogP contribution is 2.57. The summed E-state index contributed by atoms with van der Waals surface area (Å²) in [6.07, 6.45) is 12.3. The maximum absolute atomic E-state index is 2.50. The number of hydrogen-bond acceptors (Lipinski definition) is 1. The molecular weight excluding hydrogens is 701 g/mol. The Balaban J connectivity index is 1.08. The summed E-state index contributed by atoms with van der Waals surface area (Å²) in [7, 11) is 0. The van der Waals surface area contributed by atoms with E-state index in [2.05, 4.69) is 217 Å². The van der Waals surface area contributed by atoms with E-state index in [0.717, 1.165) is 43.5 Å². The topological polar surface area (TPSA) is 8.17 Å². The molecule has 7 aromatic carbocycles. The minimum atomic E-state index is 0.0140. The first-order valence-corrected chi connectivity index (χ1v) is 21.0. The highest BCUT2D eigenvalue weighted by atomic mass is 15.1. The Hall–Kier alpha value is -6.64. The van der Waals surface area contributed by atoms with Crippen LogP contribution in [0.2, 0.25) is 0 Å². The Kier molecular flexibility index (Phi) is 9.26. The molecule has 282 valence electrons. The van der Waals surface area contributed by atoms with E-state index in [1.807, 2.05) is 0 Å². The minimum absolute atomic E-state index is 0.0140. The average Bonchev–Trinajstić information content (AvgIpc) is 3.63. The van der Waals surface area contributed by atoms with Crippen molar-refractivity contribution in [3.8, 4) is 27.9 Å². The molecule has 0 radical (unpaired) electrons. The summed E-state index contributed by atoms with van der Waals surface area (Å²) in [5.74, 6) is 0. The Morgan fingerprint density at radius 2 is 1.16 bits per heavy atom. The van der Waals surface area contributed by atoms with Crippen LogP contribution in [0.15, 0.2) is 188 Å². The van der Waals surface area contributed by atoms with Crippen molar-refractivity contribution >= 4 is 39.6 Å². The zero-order chi connectivity index (χ0) is 39.1. The molecule has 0 saturated carbocycles. The van der Waals surface area contributed by atoms with E-state index in [4.69, 9.17) is 0 Å². The Morgan fingerprint density at radius 3 is 1.88 bits per heavy atom. The van der Waals surface area contributed by atoms with Crippen LogP contribution in [-0.4, -0.2) is 4.57 Å². The fourth-order valence-electron chi connectivity index (χ4n) is 10.1. The van der Waals surface area contributed by atoms with Gasteiger partial charge in [-0.15, -0.1) is 0 Å². The lowest BCUT2D eigenvalue weighted by atomic mass is 9.71. The van der Waals surface area contributed by atoms with E-state index in [0.29, 0.717) is 0 Å². The Morgan fingerprint density at radius 1 is 0.552 bits per heavy atom. The first-order valence-electron chi connectivity index (χ1n) is 21.0. The van der Waals surface area contributed by atoms with Crippen LogP contribution in [0.3, 0.4) is 0 Å². The summed E-state index contributed by atoms with van der Waals surface area (Å²) in [5, 5.41) is 1.31. The molecule has 0 N–H and O–H groups in total. The number of rotatable bonds is 10. The molecule has 1 aromatic heterocycles. The minimum Gasteiger partial charge on any atom is -0.310 e. The summed E-state index contributed by atoms with van der Waals surface area (Å²) in [4.78, 5) is 2.50. The molecule has 0 atom stereocenters. The van der Waals surface area contributed by atoms with Gasteiger partial charge in [-0.25, -0.2) is 0 Å². The molecular formula is C56H48N2. The summed E-state index contributed by atoms with van der Waals surface area (Å²) in [5.41, 5.74) is 19.3. The summed E-state index contributed by atoms with van der Waals surface area (Å²) in [6, 6.07) is 65.0. The molecule has 0 unspecified atom stereocenters. The first-order chi connectivity index (χ1) is 28.7. The average molecular weight is 749 g/mol. The van der Waals surface area contributed by atoms with Crippen LogP contribution < -0.4 is 4.90 Å². The van der Waals surface area contributed by atoms with Gasteiger partial charge in [0.05, 0.1) is 16.9 Å². The lowest BCUT2D eigenvalue weighted by Gasteiger charge is -2.33. The van der Waals surface area contributed by atoms with E-state index in [-0.39, 0.29) is 5.41 Å². The third-order valence-electron chi connectivity index (χ3n) is 12.5. The van der Waals surface area contributed by atoms with Gasteiger partial charge in [0.2, 0.25) is 0 Å². The second kappa shape index (κ2) is 15.0. The third kappa shape index (κ3) is 5.94. The van der Waals surface area contributed by atoms with Crippen molar-refractivity contribution in [2.75, 3.05) is 4.90 Å². The molecule has 0 bridgehead atoms. The van der Waals surface area contributed by atoms with Crippen molar-refractivity contribution in [2.45, 2.75) is 51.4 Å². The maximum atomic E-state index is 2.50. The van der Waals surface area contributed by atoms with Gasteiger partial charge < -0.3 is 9.47 Å². The maximum Gasteiger partial charge on any atom is 0.0543 e. The number of benzene rings is 7. The van der Waals surface area contributed by atoms with Crippen molar-refractivity contribution in [1.82, 2.24) is 4.57 Å². The fraction of sp³-hybridized carbons (Fsp3) is 0.143. The second-order valence-electron chi connectivity index (χ2n) is 15.9. The van der Waals surface area contributed by atoms with E-state index in [1.165, 1.54) is 78.1 Å². The largest absolute Gasteiger partial charge is 0.310 e. The standard InChI is InChI=1S/C56H48N2/c1-3-37-56(38-4-2)50-24-13-11-23-48(50)55-51(56)25-16-28-54(55)57(45-33-29-41(30-34-45)40-17-7-5-8-18-40)46-35-31-42(32-36-46)43-19-15-27-53-49(39-43)47-22-12-14-26-52(47)58(53)44-20-9-6-10-21-44/h5-36H,3-4,37-39H2,1-2H3. The molecule has 10 rings (SSSR count). The molecule has 2 heteroatoms. The number of hydrogen-bond donors (Lipinski definition) is 0. The number of fused-ring (bicyclic) bond motifs is 6. The smallest absolute Gasteiger partial charge is 0.0543 e. The number of aromatic nitrogens is 1. The number of para-hydroxylation sites is 2. The molecule has 2 aliphatic carbocycles. The van der Waals surface area contributed by atoms with Gasteiger partial charge in [0, 0.05) is 39.8 Å². The molecule has 0 spiro atoms. The fourth-order valence-corrected chi connectivity index (χ4v) is 10.1. The van der Waals surface area contributed by atoms with Crippen LogP contribution in [0.1, 0.15) is 67.5 Å². The number of allylic oxidation sites excluding steroid dienone is 3. The highest BCUT2D eigenvalue weighted by Gasteiger charge is 2.43. The third-order valence-corrected chi connectivity index (χ3v) is 12.5. The highest BCUT2D eigenvalue weighted by molar-refractivity contribution is 5.96.